The fraction of sp³-hybridized carbons (Fsp3) is 0.0588. The molecule has 0 unspecified atom stereocenters. The number of carbonyl (C=O) groups excluding carboxylic acids is 2. The molecule has 0 bridgehead atoms. The number of nitrogens with zero attached hydrogens (tertiary/aromatic N) is 2. The number of hydrogen-bond acceptors (Lipinski definition) is 6. The van der Waals surface area contributed by atoms with Crippen molar-refractivity contribution in [3.63, 3.8) is 0 Å². The summed E-state index contributed by atoms with van der Waals surface area (Å²) in [4.78, 5) is 31.3. The number of carbonyl (C=O) groups is 2. The molecule has 0 aliphatic carbocycles. The van der Waals surface area contributed by atoms with Gasteiger partial charge >= 0.3 is 17.1 Å². The van der Waals surface area contributed by atoms with E-state index in [1.807, 2.05) is 97.1 Å². The van der Waals surface area contributed by atoms with Gasteiger partial charge in [-0.1, -0.05) is 97.1 Å². The Morgan fingerprint density at radius 1 is 0.512 bits per heavy atom. The van der Waals surface area contributed by atoms with Gasteiger partial charge in [0.25, 0.3) is 0 Å². The van der Waals surface area contributed by atoms with Gasteiger partial charge in [0.1, 0.15) is 0 Å². The van der Waals surface area contributed by atoms with Crippen molar-refractivity contribution in [2.45, 2.75) is 12.8 Å². The van der Waals surface area contributed by atoms with Gasteiger partial charge < -0.3 is 19.8 Å². The maximum atomic E-state index is 11.5. The zero-order valence-corrected chi connectivity index (χ0v) is 22.7. The normalized spacial score (nSPS) is 10.3. The van der Waals surface area contributed by atoms with Gasteiger partial charge in [-0.2, -0.15) is 0 Å². The first kappa shape index (κ1) is 29.1. The summed E-state index contributed by atoms with van der Waals surface area (Å²) in [5, 5.41) is 24.6. The van der Waals surface area contributed by atoms with E-state index in [0.717, 1.165) is 33.0 Å². The molecule has 2 aromatic heterocycles. The molecule has 6 aromatic rings. The van der Waals surface area contributed by atoms with E-state index >= 15 is 0 Å². The Kier molecular flexibility index (Phi) is 9.59. The molecule has 6 rings (SSSR count). The quantitative estimate of drug-likeness (QED) is 0.268. The zero-order chi connectivity index (χ0) is 27.9. The molecule has 41 heavy (non-hydrogen) atoms. The summed E-state index contributed by atoms with van der Waals surface area (Å²) < 4.78 is 0. The molecule has 0 saturated carbocycles. The molecule has 7 heteroatoms. The minimum Gasteiger partial charge on any atom is -0.545 e. The molecular formula is C34H24CuN2O4. The summed E-state index contributed by atoms with van der Waals surface area (Å²) in [6.45, 7) is 0. The monoisotopic (exact) mass is 587 g/mol. The molecular weight excluding hydrogens is 564 g/mol. The molecule has 0 N–H and O–H groups in total. The van der Waals surface area contributed by atoms with Crippen molar-refractivity contribution < 1.29 is 36.9 Å². The molecule has 0 amide bonds. The summed E-state index contributed by atoms with van der Waals surface area (Å²) in [6.07, 6.45) is 4.30. The third kappa shape index (κ3) is 6.84. The molecule has 0 atom stereocenters. The summed E-state index contributed by atoms with van der Waals surface area (Å²) in [5.41, 5.74) is 4.92. The van der Waals surface area contributed by atoms with Crippen LogP contribution in [0.5, 0.6) is 0 Å². The van der Waals surface area contributed by atoms with Crippen LogP contribution in [-0.2, 0) is 29.9 Å². The number of fused-ring (bicyclic) bond motifs is 2. The predicted molar refractivity (Wildman–Crippen MR) is 151 cm³/mol. The van der Waals surface area contributed by atoms with E-state index in [1.165, 1.54) is 0 Å². The number of rotatable bonds is 6. The maximum absolute atomic E-state index is 11.5. The molecule has 1 radical (unpaired) electrons. The summed E-state index contributed by atoms with van der Waals surface area (Å²) in [5.74, 6) is -2.36. The van der Waals surface area contributed by atoms with Gasteiger partial charge in [-0.15, -0.1) is 0 Å². The first-order valence-corrected chi connectivity index (χ1v) is 12.7. The number of carboxylic acid groups (broad SMARTS) is 2. The van der Waals surface area contributed by atoms with Crippen LogP contribution in [0.2, 0.25) is 0 Å². The average Bonchev–Trinajstić information content (AvgIpc) is 2.98. The Morgan fingerprint density at radius 3 is 1.27 bits per heavy atom. The van der Waals surface area contributed by atoms with E-state index in [9.17, 15) is 19.8 Å². The van der Waals surface area contributed by atoms with Gasteiger partial charge in [0, 0.05) is 34.3 Å². The number of hydrogen-bond donors (Lipinski definition) is 0. The maximum Gasteiger partial charge on any atom is 2.00 e. The van der Waals surface area contributed by atoms with Crippen LogP contribution in [-0.4, -0.2) is 21.9 Å². The van der Waals surface area contributed by atoms with Crippen LogP contribution < -0.4 is 10.2 Å². The summed E-state index contributed by atoms with van der Waals surface area (Å²) >= 11 is 0. The first-order chi connectivity index (χ1) is 19.5. The molecule has 6 nitrogen and oxygen atoms in total. The molecule has 0 fully saturated rings. The van der Waals surface area contributed by atoms with E-state index in [2.05, 4.69) is 9.97 Å². The van der Waals surface area contributed by atoms with Gasteiger partial charge in [0.2, 0.25) is 0 Å². The van der Waals surface area contributed by atoms with Crippen LogP contribution in [0.1, 0.15) is 43.0 Å². The molecule has 0 spiro atoms. The van der Waals surface area contributed by atoms with E-state index in [-0.39, 0.29) is 28.2 Å². The van der Waals surface area contributed by atoms with Gasteiger partial charge in [-0.05, 0) is 47.2 Å². The second-order valence-corrected chi connectivity index (χ2v) is 9.25. The van der Waals surface area contributed by atoms with E-state index in [0.29, 0.717) is 23.9 Å². The van der Waals surface area contributed by atoms with Crippen molar-refractivity contribution in [1.29, 1.82) is 0 Å². The Hall–Kier alpha value is -4.84. The molecule has 2 heterocycles. The van der Waals surface area contributed by atoms with Gasteiger partial charge in [-0.3, -0.25) is 9.97 Å². The van der Waals surface area contributed by atoms with Crippen molar-refractivity contribution >= 4 is 33.7 Å². The van der Waals surface area contributed by atoms with Crippen LogP contribution in [0.25, 0.3) is 21.8 Å². The number of carboxylic acids is 2. The van der Waals surface area contributed by atoms with Crippen molar-refractivity contribution in [3.05, 3.63) is 155 Å². The largest absolute Gasteiger partial charge is 2.00 e. The standard InChI is InChI=1S/2C17H13NO2.Cu/c2*19-17(20)15-14(11-12-5-2-1-3-6-12)9-8-13-7-4-10-18-16(13)15;/h2*1-10H,11H2,(H,19,20);/q;;+2/p-2. The molecule has 205 valence electrons. The van der Waals surface area contributed by atoms with Crippen molar-refractivity contribution in [2.24, 2.45) is 0 Å². The van der Waals surface area contributed by atoms with Gasteiger partial charge in [0.05, 0.1) is 23.0 Å². The number of aromatic carboxylic acids is 2. The number of pyridine rings is 2. The van der Waals surface area contributed by atoms with Crippen LogP contribution in [0.3, 0.4) is 0 Å². The number of aromatic nitrogens is 2. The minimum absolute atomic E-state index is 0. The van der Waals surface area contributed by atoms with Crippen molar-refractivity contribution in [3.8, 4) is 0 Å². The third-order valence-electron chi connectivity index (χ3n) is 6.60. The van der Waals surface area contributed by atoms with Gasteiger partial charge in [-0.25, -0.2) is 0 Å². The predicted octanol–water partition coefficient (Wildman–Crippen LogP) is 4.38. The second kappa shape index (κ2) is 13.5. The number of benzene rings is 4. The van der Waals surface area contributed by atoms with Gasteiger partial charge in [0.15, 0.2) is 0 Å². The first-order valence-electron chi connectivity index (χ1n) is 12.7. The van der Waals surface area contributed by atoms with E-state index in [1.54, 1.807) is 24.5 Å². The SMILES string of the molecule is O=C([O-])c1c(Cc2ccccc2)ccc2cccnc12.O=C([O-])c1c(Cc2ccccc2)ccc2cccnc12.[Cu+2]. The fourth-order valence-corrected chi connectivity index (χ4v) is 4.76. The Labute approximate surface area is 247 Å². The molecule has 0 aliphatic heterocycles. The molecule has 4 aromatic carbocycles. The Morgan fingerprint density at radius 2 is 0.902 bits per heavy atom. The third-order valence-corrected chi connectivity index (χ3v) is 6.60. The smallest absolute Gasteiger partial charge is 0.545 e. The van der Waals surface area contributed by atoms with Crippen LogP contribution in [0.4, 0.5) is 0 Å². The van der Waals surface area contributed by atoms with Crippen LogP contribution in [0.15, 0.2) is 122 Å². The van der Waals surface area contributed by atoms with Crippen molar-refractivity contribution in [2.75, 3.05) is 0 Å². The van der Waals surface area contributed by atoms with E-state index in [4.69, 9.17) is 0 Å². The molecule has 0 aliphatic rings. The fourth-order valence-electron chi connectivity index (χ4n) is 4.76. The minimum atomic E-state index is -1.18. The topological polar surface area (TPSA) is 106 Å². The Bertz CT molecular complexity index is 1670. The summed E-state index contributed by atoms with van der Waals surface area (Å²) in [7, 11) is 0. The summed E-state index contributed by atoms with van der Waals surface area (Å²) in [6, 6.07) is 34.3. The van der Waals surface area contributed by atoms with E-state index < -0.39 is 11.9 Å². The second-order valence-electron chi connectivity index (χ2n) is 9.25. The van der Waals surface area contributed by atoms with Crippen LogP contribution >= 0.6 is 0 Å². The average molecular weight is 588 g/mol. The molecule has 0 saturated heterocycles. The Balaban J connectivity index is 0.000000184. The van der Waals surface area contributed by atoms with Crippen LogP contribution in [0, 0.1) is 0 Å². The van der Waals surface area contributed by atoms with Crippen molar-refractivity contribution in [1.82, 2.24) is 9.97 Å². The zero-order valence-electron chi connectivity index (χ0n) is 21.8.